The monoisotopic (exact) mass is 282 g/mol. The van der Waals surface area contributed by atoms with Gasteiger partial charge in [0, 0.05) is 44.3 Å². The number of H-pyrrole nitrogens is 2. The number of nitrogens with one attached hydrogen (secondary N) is 2. The molecule has 3 aromatic rings. The molecular formula is C20H14N2. The highest BCUT2D eigenvalue weighted by Crippen LogP contribution is 2.39. The number of hydrogen-bond donors (Lipinski definition) is 2. The molecule has 0 amide bonds. The summed E-state index contributed by atoms with van der Waals surface area (Å²) in [6, 6.07) is 25.6. The van der Waals surface area contributed by atoms with Crippen LogP contribution in [0.15, 0.2) is 72.8 Å². The van der Waals surface area contributed by atoms with Crippen molar-refractivity contribution in [1.82, 2.24) is 9.97 Å². The zero-order valence-corrected chi connectivity index (χ0v) is 11.9. The van der Waals surface area contributed by atoms with Crippen LogP contribution in [0.25, 0.3) is 44.3 Å². The van der Waals surface area contributed by atoms with Crippen LogP contribution in [0.3, 0.4) is 0 Å². The lowest BCUT2D eigenvalue weighted by Crippen LogP contribution is -1.90. The Kier molecular flexibility index (Phi) is 2.25. The van der Waals surface area contributed by atoms with Gasteiger partial charge >= 0.3 is 0 Å². The van der Waals surface area contributed by atoms with Crippen molar-refractivity contribution in [2.45, 2.75) is 0 Å². The molecule has 0 spiro atoms. The van der Waals surface area contributed by atoms with Crippen molar-refractivity contribution in [3.63, 3.8) is 0 Å². The average Bonchev–Trinajstić information content (AvgIpc) is 3.18. The van der Waals surface area contributed by atoms with Crippen molar-refractivity contribution in [2.24, 2.45) is 0 Å². The van der Waals surface area contributed by atoms with Crippen LogP contribution < -0.4 is 0 Å². The summed E-state index contributed by atoms with van der Waals surface area (Å²) >= 11 is 0. The summed E-state index contributed by atoms with van der Waals surface area (Å²) in [5, 5.41) is 2.49. The largest absolute Gasteiger partial charge is 0.355 e. The summed E-state index contributed by atoms with van der Waals surface area (Å²) in [5.41, 5.74) is 7.20. The Labute approximate surface area is 127 Å². The van der Waals surface area contributed by atoms with Gasteiger partial charge in [-0.05, 0) is 24.3 Å². The molecule has 104 valence electrons. The molecule has 2 heteroatoms. The summed E-state index contributed by atoms with van der Waals surface area (Å²) in [5.74, 6) is 0. The van der Waals surface area contributed by atoms with Crippen molar-refractivity contribution < 1.29 is 0 Å². The lowest BCUT2D eigenvalue weighted by Gasteiger charge is -2.12. The normalized spacial score (nSPS) is 11.6. The van der Waals surface area contributed by atoms with Gasteiger partial charge < -0.3 is 9.97 Å². The third-order valence-corrected chi connectivity index (χ3v) is 4.35. The molecule has 0 saturated heterocycles. The third-order valence-electron chi connectivity index (χ3n) is 4.35. The van der Waals surface area contributed by atoms with Crippen LogP contribution in [0, 0.1) is 0 Å². The zero-order chi connectivity index (χ0) is 14.5. The van der Waals surface area contributed by atoms with Crippen LogP contribution in [-0.4, -0.2) is 9.97 Å². The van der Waals surface area contributed by atoms with Gasteiger partial charge in [0.2, 0.25) is 0 Å². The summed E-state index contributed by atoms with van der Waals surface area (Å²) < 4.78 is 0. The highest BCUT2D eigenvalue weighted by Gasteiger charge is 2.16. The Balaban J connectivity index is 1.94. The van der Waals surface area contributed by atoms with Crippen molar-refractivity contribution >= 4 is 21.8 Å². The molecule has 2 nitrogen and oxygen atoms in total. The van der Waals surface area contributed by atoms with Gasteiger partial charge in [-0.3, -0.25) is 0 Å². The SMILES string of the molecule is c1cc2[nH]c3ccccc3c(-c3cc4ccccc4[nH]3)c-2c1. The molecule has 2 N–H and O–H groups in total. The maximum atomic E-state index is 3.57. The van der Waals surface area contributed by atoms with Gasteiger partial charge in [0.25, 0.3) is 0 Å². The van der Waals surface area contributed by atoms with Crippen molar-refractivity contribution in [3.05, 3.63) is 72.8 Å². The standard InChI is InChI=1S/C20H14N2/c1-3-9-16-13(6-1)12-19(21-16)20-14-7-2-4-10-17(14)22-18-11-5-8-15(18)20/h1-12,21-22H. The molecule has 2 aromatic carbocycles. The van der Waals surface area contributed by atoms with Crippen molar-refractivity contribution in [1.29, 1.82) is 0 Å². The van der Waals surface area contributed by atoms with E-state index >= 15 is 0 Å². The van der Waals surface area contributed by atoms with Crippen LogP contribution in [-0.2, 0) is 0 Å². The number of pyridine rings is 1. The van der Waals surface area contributed by atoms with E-state index in [1.54, 1.807) is 0 Å². The molecule has 1 aliphatic carbocycles. The highest BCUT2D eigenvalue weighted by atomic mass is 14.7. The quantitative estimate of drug-likeness (QED) is 0.411. The number of fused-ring (bicyclic) bond motifs is 3. The van der Waals surface area contributed by atoms with Crippen molar-refractivity contribution in [3.8, 4) is 22.5 Å². The third kappa shape index (κ3) is 1.55. The molecule has 0 unspecified atom stereocenters. The fourth-order valence-corrected chi connectivity index (χ4v) is 3.35. The van der Waals surface area contributed by atoms with Crippen LogP contribution >= 0.6 is 0 Å². The minimum atomic E-state index is 1.16. The van der Waals surface area contributed by atoms with Crippen LogP contribution in [0.2, 0.25) is 0 Å². The topological polar surface area (TPSA) is 31.6 Å². The molecule has 2 heterocycles. The van der Waals surface area contributed by atoms with Crippen LogP contribution in [0.5, 0.6) is 0 Å². The van der Waals surface area contributed by atoms with Gasteiger partial charge in [-0.1, -0.05) is 48.5 Å². The minimum Gasteiger partial charge on any atom is -0.355 e. The van der Waals surface area contributed by atoms with Gasteiger partial charge in [-0.2, -0.15) is 0 Å². The van der Waals surface area contributed by atoms with E-state index < -0.39 is 0 Å². The minimum absolute atomic E-state index is 1.16. The van der Waals surface area contributed by atoms with E-state index in [0.717, 1.165) is 5.52 Å². The fourth-order valence-electron chi connectivity index (χ4n) is 3.35. The molecule has 2 aliphatic rings. The lowest BCUT2D eigenvalue weighted by molar-refractivity contribution is 1.40. The highest BCUT2D eigenvalue weighted by molar-refractivity contribution is 6.04. The van der Waals surface area contributed by atoms with Gasteiger partial charge in [-0.25, -0.2) is 0 Å². The second-order valence-electron chi connectivity index (χ2n) is 5.67. The maximum absolute atomic E-state index is 3.57. The molecule has 0 saturated carbocycles. The number of hydrogen-bond acceptors (Lipinski definition) is 0. The smallest absolute Gasteiger partial charge is 0.0478 e. The second-order valence-corrected chi connectivity index (χ2v) is 5.67. The van der Waals surface area contributed by atoms with Crippen LogP contribution in [0.1, 0.15) is 0 Å². The first-order valence-electron chi connectivity index (χ1n) is 7.48. The van der Waals surface area contributed by atoms with Crippen molar-refractivity contribution in [2.75, 3.05) is 0 Å². The van der Waals surface area contributed by atoms with Gasteiger partial charge in [0.15, 0.2) is 0 Å². The first-order chi connectivity index (χ1) is 10.9. The number of aromatic nitrogens is 2. The molecule has 0 radical (unpaired) electrons. The van der Waals surface area contributed by atoms with E-state index in [2.05, 4.69) is 82.8 Å². The van der Waals surface area contributed by atoms with E-state index in [1.807, 2.05) is 0 Å². The van der Waals surface area contributed by atoms with Gasteiger partial charge in [-0.15, -0.1) is 0 Å². The molecule has 0 atom stereocenters. The van der Waals surface area contributed by atoms with E-state index in [-0.39, 0.29) is 0 Å². The van der Waals surface area contributed by atoms with Gasteiger partial charge in [0.1, 0.15) is 0 Å². The van der Waals surface area contributed by atoms with E-state index in [4.69, 9.17) is 0 Å². The van der Waals surface area contributed by atoms with E-state index in [0.29, 0.717) is 0 Å². The summed E-state index contributed by atoms with van der Waals surface area (Å²) in [4.78, 5) is 7.09. The second kappa shape index (κ2) is 4.25. The molecule has 0 fully saturated rings. The molecule has 1 aliphatic heterocycles. The number of benzene rings is 2. The summed E-state index contributed by atoms with van der Waals surface area (Å²) in [6.07, 6.45) is 0. The molecule has 5 rings (SSSR count). The maximum Gasteiger partial charge on any atom is 0.0478 e. The van der Waals surface area contributed by atoms with Gasteiger partial charge in [0.05, 0.1) is 0 Å². The Morgan fingerprint density at radius 1 is 0.591 bits per heavy atom. The van der Waals surface area contributed by atoms with E-state index in [9.17, 15) is 0 Å². The van der Waals surface area contributed by atoms with E-state index in [1.165, 1.54) is 38.8 Å². The first-order valence-corrected chi connectivity index (χ1v) is 7.48. The summed E-state index contributed by atoms with van der Waals surface area (Å²) in [7, 11) is 0. The molecule has 22 heavy (non-hydrogen) atoms. The fraction of sp³-hybridized carbons (Fsp3) is 0. The predicted molar refractivity (Wildman–Crippen MR) is 92.2 cm³/mol. The molecular weight excluding hydrogens is 268 g/mol. The Bertz CT molecular complexity index is 1050. The Morgan fingerprint density at radius 2 is 1.36 bits per heavy atom. The molecule has 1 aromatic heterocycles. The molecule has 0 bridgehead atoms. The number of aromatic amines is 2. The average molecular weight is 282 g/mol. The Morgan fingerprint density at radius 3 is 2.27 bits per heavy atom. The lowest BCUT2D eigenvalue weighted by atomic mass is 9.99. The first kappa shape index (κ1) is 11.6. The van der Waals surface area contributed by atoms with Crippen LogP contribution in [0.4, 0.5) is 0 Å². The summed E-state index contributed by atoms with van der Waals surface area (Å²) in [6.45, 7) is 0. The Hall–Kier alpha value is -3.00. The number of para-hydroxylation sites is 2. The number of rotatable bonds is 1. The zero-order valence-electron chi connectivity index (χ0n) is 11.9. The predicted octanol–water partition coefficient (Wildman–Crippen LogP) is 5.42.